The molecule has 0 bridgehead atoms. The first kappa shape index (κ1) is 19.5. The van der Waals surface area contributed by atoms with Crippen LogP contribution in [0.15, 0.2) is 109 Å². The van der Waals surface area contributed by atoms with E-state index in [2.05, 4.69) is 102 Å². The zero-order valence-corrected chi connectivity index (χ0v) is 18.7. The standard InChI is InChI=1S/C29H24N4/c1-29(2)24-12-6-8-14-27(24)33(28-15-9-7-13-25(28)29)23-18-16-21(17-19-23)26-20-32(31-30-26)22-10-4-3-5-11-22/h3-20H,1-2H3. The fraction of sp³-hybridized carbons (Fsp3) is 0.103. The van der Waals surface area contributed by atoms with Gasteiger partial charge in [0.2, 0.25) is 0 Å². The minimum absolute atomic E-state index is 0.0560. The molecule has 0 atom stereocenters. The maximum atomic E-state index is 4.40. The monoisotopic (exact) mass is 428 g/mol. The lowest BCUT2D eigenvalue weighted by atomic mass is 9.73. The number of fused-ring (bicyclic) bond motifs is 2. The number of hydrogen-bond acceptors (Lipinski definition) is 3. The minimum atomic E-state index is -0.0560. The summed E-state index contributed by atoms with van der Waals surface area (Å²) >= 11 is 0. The van der Waals surface area contributed by atoms with Crippen LogP contribution in [0.5, 0.6) is 0 Å². The lowest BCUT2D eigenvalue weighted by Gasteiger charge is -2.42. The van der Waals surface area contributed by atoms with Crippen molar-refractivity contribution in [2.24, 2.45) is 0 Å². The van der Waals surface area contributed by atoms with Crippen LogP contribution in [0.2, 0.25) is 0 Å². The van der Waals surface area contributed by atoms with Crippen LogP contribution >= 0.6 is 0 Å². The van der Waals surface area contributed by atoms with Crippen molar-refractivity contribution in [3.8, 4) is 16.9 Å². The van der Waals surface area contributed by atoms with Gasteiger partial charge in [-0.25, -0.2) is 4.68 Å². The second-order valence-electron chi connectivity index (χ2n) is 8.93. The highest BCUT2D eigenvalue weighted by Crippen LogP contribution is 2.51. The van der Waals surface area contributed by atoms with Gasteiger partial charge in [-0.15, -0.1) is 5.10 Å². The molecule has 5 aromatic rings. The maximum absolute atomic E-state index is 4.40. The Labute approximate surface area is 193 Å². The second-order valence-corrected chi connectivity index (χ2v) is 8.93. The first-order valence-corrected chi connectivity index (χ1v) is 11.2. The topological polar surface area (TPSA) is 34.0 Å². The molecular formula is C29H24N4. The quantitative estimate of drug-likeness (QED) is 0.309. The zero-order valence-electron chi connectivity index (χ0n) is 18.7. The number of nitrogens with zero attached hydrogens (tertiary/aromatic N) is 4. The molecule has 0 spiro atoms. The molecule has 4 heteroatoms. The van der Waals surface area contributed by atoms with Gasteiger partial charge in [-0.2, -0.15) is 0 Å². The van der Waals surface area contributed by atoms with Gasteiger partial charge in [0.25, 0.3) is 0 Å². The Bertz CT molecular complexity index is 1380. The highest BCUT2D eigenvalue weighted by atomic mass is 15.4. The van der Waals surface area contributed by atoms with Crippen molar-refractivity contribution < 1.29 is 0 Å². The second kappa shape index (κ2) is 7.45. The average molecular weight is 429 g/mol. The molecule has 6 rings (SSSR count). The third-order valence-corrected chi connectivity index (χ3v) is 6.57. The van der Waals surface area contributed by atoms with E-state index in [-0.39, 0.29) is 5.41 Å². The SMILES string of the molecule is CC1(C)c2ccccc2N(c2ccc(-c3cn(-c4ccccc4)nn3)cc2)c2ccccc21. The third-order valence-electron chi connectivity index (χ3n) is 6.57. The Hall–Kier alpha value is -4.18. The molecule has 0 radical (unpaired) electrons. The van der Waals surface area contributed by atoms with Gasteiger partial charge in [-0.3, -0.25) is 0 Å². The molecule has 4 aromatic carbocycles. The molecule has 33 heavy (non-hydrogen) atoms. The molecule has 0 fully saturated rings. The fourth-order valence-corrected chi connectivity index (χ4v) is 4.83. The van der Waals surface area contributed by atoms with Crippen molar-refractivity contribution in [3.05, 3.63) is 120 Å². The van der Waals surface area contributed by atoms with E-state index in [4.69, 9.17) is 0 Å². The van der Waals surface area contributed by atoms with Crippen LogP contribution in [0.1, 0.15) is 25.0 Å². The van der Waals surface area contributed by atoms with E-state index < -0.39 is 0 Å². The maximum Gasteiger partial charge on any atom is 0.113 e. The van der Waals surface area contributed by atoms with Gasteiger partial charge >= 0.3 is 0 Å². The molecule has 160 valence electrons. The summed E-state index contributed by atoms with van der Waals surface area (Å²) in [5.74, 6) is 0. The number of aromatic nitrogens is 3. The number of anilines is 3. The number of hydrogen-bond donors (Lipinski definition) is 0. The summed E-state index contributed by atoms with van der Waals surface area (Å²) in [6.45, 7) is 4.61. The molecular weight excluding hydrogens is 404 g/mol. The Balaban J connectivity index is 1.40. The molecule has 1 aromatic heterocycles. The Morgan fingerprint density at radius 2 is 1.18 bits per heavy atom. The lowest BCUT2D eigenvalue weighted by Crippen LogP contribution is -2.30. The van der Waals surface area contributed by atoms with E-state index in [0.717, 1.165) is 22.6 Å². The summed E-state index contributed by atoms with van der Waals surface area (Å²) in [5, 5.41) is 8.70. The smallest absolute Gasteiger partial charge is 0.113 e. The highest BCUT2D eigenvalue weighted by Gasteiger charge is 2.36. The van der Waals surface area contributed by atoms with Crippen molar-refractivity contribution in [2.75, 3.05) is 4.90 Å². The van der Waals surface area contributed by atoms with Gasteiger partial charge < -0.3 is 4.90 Å². The van der Waals surface area contributed by atoms with E-state index in [0.29, 0.717) is 0 Å². The summed E-state index contributed by atoms with van der Waals surface area (Å²) in [6, 6.07) is 36.0. The molecule has 1 aliphatic rings. The first-order valence-electron chi connectivity index (χ1n) is 11.2. The van der Waals surface area contributed by atoms with E-state index in [9.17, 15) is 0 Å². The average Bonchev–Trinajstić information content (AvgIpc) is 3.36. The highest BCUT2D eigenvalue weighted by molar-refractivity contribution is 5.86. The third kappa shape index (κ3) is 3.14. The van der Waals surface area contributed by atoms with Crippen LogP contribution in [0.3, 0.4) is 0 Å². The molecule has 0 N–H and O–H groups in total. The van der Waals surface area contributed by atoms with Crippen LogP contribution < -0.4 is 4.90 Å². The Morgan fingerprint density at radius 1 is 0.606 bits per heavy atom. The van der Waals surface area contributed by atoms with Crippen LogP contribution in [0.25, 0.3) is 16.9 Å². The number of benzene rings is 4. The van der Waals surface area contributed by atoms with Crippen LogP contribution in [-0.4, -0.2) is 15.0 Å². The van der Waals surface area contributed by atoms with E-state index >= 15 is 0 Å². The van der Waals surface area contributed by atoms with Gasteiger partial charge in [0, 0.05) is 16.7 Å². The Morgan fingerprint density at radius 3 is 1.82 bits per heavy atom. The fourth-order valence-electron chi connectivity index (χ4n) is 4.83. The van der Waals surface area contributed by atoms with E-state index in [1.165, 1.54) is 22.5 Å². The number of para-hydroxylation sites is 3. The molecule has 2 heterocycles. The molecule has 1 aliphatic heterocycles. The largest absolute Gasteiger partial charge is 0.310 e. The summed E-state index contributed by atoms with van der Waals surface area (Å²) in [5.41, 5.74) is 9.08. The summed E-state index contributed by atoms with van der Waals surface area (Å²) in [7, 11) is 0. The molecule has 4 nitrogen and oxygen atoms in total. The minimum Gasteiger partial charge on any atom is -0.310 e. The molecule has 0 amide bonds. The van der Waals surface area contributed by atoms with Gasteiger partial charge in [-0.1, -0.05) is 85.8 Å². The van der Waals surface area contributed by atoms with Crippen molar-refractivity contribution in [1.82, 2.24) is 15.0 Å². The summed E-state index contributed by atoms with van der Waals surface area (Å²) < 4.78 is 1.81. The lowest BCUT2D eigenvalue weighted by molar-refractivity contribution is 0.632. The normalized spacial score (nSPS) is 13.9. The van der Waals surface area contributed by atoms with Crippen LogP contribution in [0, 0.1) is 0 Å². The van der Waals surface area contributed by atoms with Crippen LogP contribution in [-0.2, 0) is 5.41 Å². The number of rotatable bonds is 3. The van der Waals surface area contributed by atoms with Gasteiger partial charge in [-0.05, 0) is 47.5 Å². The summed E-state index contributed by atoms with van der Waals surface area (Å²) in [6.07, 6.45) is 1.97. The molecule has 0 saturated carbocycles. The van der Waals surface area contributed by atoms with Crippen molar-refractivity contribution in [2.45, 2.75) is 19.3 Å². The van der Waals surface area contributed by atoms with E-state index in [1.807, 2.05) is 41.2 Å². The predicted octanol–water partition coefficient (Wildman–Crippen LogP) is 7.04. The van der Waals surface area contributed by atoms with Crippen molar-refractivity contribution in [1.29, 1.82) is 0 Å². The van der Waals surface area contributed by atoms with Gasteiger partial charge in [0.1, 0.15) is 5.69 Å². The van der Waals surface area contributed by atoms with Crippen LogP contribution in [0.4, 0.5) is 17.1 Å². The van der Waals surface area contributed by atoms with Crippen molar-refractivity contribution in [3.63, 3.8) is 0 Å². The van der Waals surface area contributed by atoms with E-state index in [1.54, 1.807) is 0 Å². The van der Waals surface area contributed by atoms with Gasteiger partial charge in [0.05, 0.1) is 23.3 Å². The Kier molecular flexibility index (Phi) is 4.40. The van der Waals surface area contributed by atoms with Gasteiger partial charge in [0.15, 0.2) is 0 Å². The summed E-state index contributed by atoms with van der Waals surface area (Å²) in [4.78, 5) is 2.36. The van der Waals surface area contributed by atoms with Crippen molar-refractivity contribution >= 4 is 17.1 Å². The zero-order chi connectivity index (χ0) is 22.4. The predicted molar refractivity (Wildman–Crippen MR) is 134 cm³/mol. The first-order chi connectivity index (χ1) is 16.1. The molecule has 0 aliphatic carbocycles. The molecule has 0 saturated heterocycles. The molecule has 0 unspecified atom stereocenters.